The molecule has 1 N–H and O–H groups in total. The average molecular weight is 587 g/mol. The third-order valence-corrected chi connectivity index (χ3v) is 8.17. The summed E-state index contributed by atoms with van der Waals surface area (Å²) in [6.45, 7) is 5.65. The molecule has 1 atom stereocenters. The zero-order valence-corrected chi connectivity index (χ0v) is 23.6. The number of carbonyl (C=O) groups excluding carboxylic acids is 2. The van der Waals surface area contributed by atoms with Crippen molar-refractivity contribution in [1.29, 1.82) is 0 Å². The summed E-state index contributed by atoms with van der Waals surface area (Å²) in [6, 6.07) is 21.7. The summed E-state index contributed by atoms with van der Waals surface area (Å²) in [5.41, 5.74) is 2.10. The first-order valence-corrected chi connectivity index (χ1v) is 14.3. The van der Waals surface area contributed by atoms with Crippen LogP contribution >= 0.6 is 15.9 Å². The summed E-state index contributed by atoms with van der Waals surface area (Å²) in [7, 11) is -4.06. The Balaban J connectivity index is 1.99. The van der Waals surface area contributed by atoms with Crippen LogP contribution in [0.3, 0.4) is 0 Å². The molecular weight excluding hydrogens is 554 g/mol. The number of sulfonamides is 1. The molecule has 9 heteroatoms. The highest BCUT2D eigenvalue weighted by Crippen LogP contribution is 2.25. The van der Waals surface area contributed by atoms with Crippen molar-refractivity contribution in [1.82, 2.24) is 10.2 Å². The monoisotopic (exact) mass is 585 g/mol. The average Bonchev–Trinajstić information content (AvgIpc) is 2.89. The maximum absolute atomic E-state index is 13.8. The van der Waals surface area contributed by atoms with Gasteiger partial charge in [-0.1, -0.05) is 70.9 Å². The third-order valence-electron chi connectivity index (χ3n) is 5.89. The van der Waals surface area contributed by atoms with Gasteiger partial charge in [0.25, 0.3) is 10.0 Å². The number of anilines is 1. The number of nitrogens with zero attached hydrogens (tertiary/aromatic N) is 2. The molecule has 0 saturated heterocycles. The van der Waals surface area contributed by atoms with Crippen LogP contribution < -0.4 is 9.62 Å². The second kappa shape index (κ2) is 12.9. The van der Waals surface area contributed by atoms with Crippen LogP contribution in [0.1, 0.15) is 31.4 Å². The molecule has 0 aliphatic carbocycles. The topological polar surface area (TPSA) is 86.8 Å². The van der Waals surface area contributed by atoms with Gasteiger partial charge in [-0.15, -0.1) is 0 Å². The number of benzene rings is 3. The van der Waals surface area contributed by atoms with Gasteiger partial charge in [-0.05, 0) is 62.2 Å². The van der Waals surface area contributed by atoms with Gasteiger partial charge in [0.1, 0.15) is 12.6 Å². The van der Waals surface area contributed by atoms with E-state index in [0.717, 1.165) is 26.3 Å². The number of carbonyl (C=O) groups is 2. The van der Waals surface area contributed by atoms with Crippen molar-refractivity contribution in [2.24, 2.45) is 0 Å². The van der Waals surface area contributed by atoms with Crippen LogP contribution in [0.15, 0.2) is 88.2 Å². The highest BCUT2D eigenvalue weighted by molar-refractivity contribution is 9.10. The number of hydrogen-bond donors (Lipinski definition) is 1. The van der Waals surface area contributed by atoms with Crippen molar-refractivity contribution in [3.8, 4) is 0 Å². The Hall–Kier alpha value is -3.17. The van der Waals surface area contributed by atoms with Gasteiger partial charge in [0.2, 0.25) is 11.8 Å². The second-order valence-electron chi connectivity index (χ2n) is 8.78. The van der Waals surface area contributed by atoms with Crippen LogP contribution in [0.4, 0.5) is 5.69 Å². The molecule has 0 aliphatic rings. The molecule has 0 spiro atoms. The predicted octanol–water partition coefficient (Wildman–Crippen LogP) is 4.90. The first kappa shape index (κ1) is 28.4. The van der Waals surface area contributed by atoms with Crippen LogP contribution in [-0.2, 0) is 26.2 Å². The molecular formula is C28H32BrN3O4S. The lowest BCUT2D eigenvalue weighted by Crippen LogP contribution is -2.51. The molecule has 0 heterocycles. The maximum atomic E-state index is 13.8. The SMILES string of the molecule is CCCNC(=O)[C@H](C)N(Cc1cccc(Br)c1)C(=O)CN(c1ccccc1)S(=O)(=O)c1ccc(C)cc1. The van der Waals surface area contributed by atoms with Crippen molar-refractivity contribution in [3.63, 3.8) is 0 Å². The number of nitrogens with one attached hydrogen (secondary N) is 1. The summed E-state index contributed by atoms with van der Waals surface area (Å²) in [5, 5.41) is 2.84. The zero-order chi connectivity index (χ0) is 27.0. The summed E-state index contributed by atoms with van der Waals surface area (Å²) in [4.78, 5) is 28.2. The van der Waals surface area contributed by atoms with Gasteiger partial charge in [-0.25, -0.2) is 8.42 Å². The fraction of sp³-hybridized carbons (Fsp3) is 0.286. The normalized spacial score (nSPS) is 12.0. The zero-order valence-electron chi connectivity index (χ0n) is 21.2. The molecule has 2 amide bonds. The molecule has 7 nitrogen and oxygen atoms in total. The van der Waals surface area contributed by atoms with Crippen LogP contribution in [0.25, 0.3) is 0 Å². The highest BCUT2D eigenvalue weighted by atomic mass is 79.9. The smallest absolute Gasteiger partial charge is 0.264 e. The minimum atomic E-state index is -4.06. The molecule has 0 saturated carbocycles. The highest BCUT2D eigenvalue weighted by Gasteiger charge is 2.32. The molecule has 0 radical (unpaired) electrons. The molecule has 0 unspecified atom stereocenters. The van der Waals surface area contributed by atoms with Gasteiger partial charge in [-0.2, -0.15) is 0 Å². The molecule has 0 aliphatic heterocycles. The van der Waals surface area contributed by atoms with Gasteiger partial charge in [0.15, 0.2) is 0 Å². The fourth-order valence-electron chi connectivity index (χ4n) is 3.77. The summed E-state index contributed by atoms with van der Waals surface area (Å²) >= 11 is 3.45. The van der Waals surface area contributed by atoms with E-state index in [-0.39, 0.29) is 17.3 Å². The van der Waals surface area contributed by atoms with E-state index < -0.39 is 28.5 Å². The van der Waals surface area contributed by atoms with Gasteiger partial charge in [-0.3, -0.25) is 13.9 Å². The van der Waals surface area contributed by atoms with E-state index in [2.05, 4.69) is 21.2 Å². The molecule has 0 bridgehead atoms. The number of hydrogen-bond acceptors (Lipinski definition) is 4. The quantitative estimate of drug-likeness (QED) is 0.347. The Morgan fingerprint density at radius 1 is 0.973 bits per heavy atom. The van der Waals surface area contributed by atoms with Crippen molar-refractivity contribution in [2.75, 3.05) is 17.4 Å². The van der Waals surface area contributed by atoms with Gasteiger partial charge in [0, 0.05) is 17.6 Å². The fourth-order valence-corrected chi connectivity index (χ4v) is 5.63. The second-order valence-corrected chi connectivity index (χ2v) is 11.6. The Labute approximate surface area is 227 Å². The van der Waals surface area contributed by atoms with Crippen molar-refractivity contribution < 1.29 is 18.0 Å². The van der Waals surface area contributed by atoms with Crippen molar-refractivity contribution in [3.05, 3.63) is 94.5 Å². The lowest BCUT2D eigenvalue weighted by atomic mass is 10.1. The molecule has 3 aromatic carbocycles. The van der Waals surface area contributed by atoms with E-state index in [4.69, 9.17) is 0 Å². The number of amides is 2. The Bertz CT molecular complexity index is 1310. The van der Waals surface area contributed by atoms with Crippen LogP contribution in [-0.4, -0.2) is 44.3 Å². The van der Waals surface area contributed by atoms with Crippen molar-refractivity contribution in [2.45, 2.75) is 44.7 Å². The minimum Gasteiger partial charge on any atom is -0.354 e. The maximum Gasteiger partial charge on any atom is 0.264 e. The van der Waals surface area contributed by atoms with E-state index in [1.54, 1.807) is 49.4 Å². The van der Waals surface area contributed by atoms with Crippen LogP contribution in [0.2, 0.25) is 0 Å². The number of para-hydroxylation sites is 1. The largest absolute Gasteiger partial charge is 0.354 e. The van der Waals surface area contributed by atoms with Crippen LogP contribution in [0.5, 0.6) is 0 Å². The molecule has 3 rings (SSSR count). The lowest BCUT2D eigenvalue weighted by molar-refractivity contribution is -0.139. The summed E-state index contributed by atoms with van der Waals surface area (Å²) in [5.74, 6) is -0.781. The predicted molar refractivity (Wildman–Crippen MR) is 150 cm³/mol. The first-order chi connectivity index (χ1) is 17.6. The van der Waals surface area contributed by atoms with Crippen LogP contribution in [0, 0.1) is 6.92 Å². The molecule has 0 fully saturated rings. The van der Waals surface area contributed by atoms with E-state index in [9.17, 15) is 18.0 Å². The summed E-state index contributed by atoms with van der Waals surface area (Å²) < 4.78 is 29.4. The Morgan fingerprint density at radius 2 is 1.65 bits per heavy atom. The first-order valence-electron chi connectivity index (χ1n) is 12.1. The van der Waals surface area contributed by atoms with E-state index in [1.165, 1.54) is 17.0 Å². The molecule has 3 aromatic rings. The summed E-state index contributed by atoms with van der Waals surface area (Å²) in [6.07, 6.45) is 0.759. The van der Waals surface area contributed by atoms with Gasteiger partial charge >= 0.3 is 0 Å². The number of halogens is 1. The Kier molecular flexibility index (Phi) is 9.88. The molecule has 196 valence electrons. The minimum absolute atomic E-state index is 0.0852. The van der Waals surface area contributed by atoms with Gasteiger partial charge in [0.05, 0.1) is 10.6 Å². The Morgan fingerprint density at radius 3 is 2.27 bits per heavy atom. The number of rotatable bonds is 11. The van der Waals surface area contributed by atoms with Crippen molar-refractivity contribution >= 4 is 43.5 Å². The van der Waals surface area contributed by atoms with E-state index in [0.29, 0.717) is 12.2 Å². The van der Waals surface area contributed by atoms with Gasteiger partial charge < -0.3 is 10.2 Å². The lowest BCUT2D eigenvalue weighted by Gasteiger charge is -2.32. The standard InChI is InChI=1S/C28H32BrN3O4S/c1-4-17-30-28(34)22(3)31(19-23-9-8-10-24(29)18-23)27(33)20-32(25-11-6-5-7-12-25)37(35,36)26-15-13-21(2)14-16-26/h5-16,18,22H,4,17,19-20H2,1-3H3,(H,30,34)/t22-/m0/s1. The number of aryl methyl sites for hydroxylation is 1. The van der Waals surface area contributed by atoms with E-state index in [1.807, 2.05) is 38.1 Å². The molecule has 0 aromatic heterocycles. The molecule has 37 heavy (non-hydrogen) atoms. The third kappa shape index (κ3) is 7.42. The van der Waals surface area contributed by atoms with E-state index >= 15 is 0 Å².